The Morgan fingerprint density at radius 1 is 0.765 bits per heavy atom. The lowest BCUT2D eigenvalue weighted by Gasteiger charge is -2.37. The number of hydrogen-bond donors (Lipinski definition) is 0. The second-order valence-corrected chi connectivity index (χ2v) is 6.13. The molecular formula is C14H25N2P. The quantitative estimate of drug-likeness (QED) is 0.687. The molecule has 0 aliphatic rings. The van der Waals surface area contributed by atoms with Crippen LogP contribution in [0.1, 0.15) is 27.7 Å². The summed E-state index contributed by atoms with van der Waals surface area (Å²) in [5, 5.41) is 1.47. The van der Waals surface area contributed by atoms with Crippen molar-refractivity contribution in [3.8, 4) is 0 Å². The predicted octanol–water partition coefficient (Wildman–Crippen LogP) is 3.31. The molecule has 0 atom stereocenters. The van der Waals surface area contributed by atoms with Gasteiger partial charge in [0.2, 0.25) is 0 Å². The molecule has 0 aliphatic heterocycles. The van der Waals surface area contributed by atoms with Gasteiger partial charge in [0.05, 0.1) is 8.22 Å². The van der Waals surface area contributed by atoms with Crippen molar-refractivity contribution in [1.29, 1.82) is 0 Å². The molecule has 0 fully saturated rings. The van der Waals surface area contributed by atoms with Gasteiger partial charge in [0.15, 0.2) is 0 Å². The van der Waals surface area contributed by atoms with E-state index in [1.165, 1.54) is 5.30 Å². The molecule has 0 unspecified atom stereocenters. The first-order valence-electron chi connectivity index (χ1n) is 6.63. The lowest BCUT2D eigenvalue weighted by atomic mass is 10.4. The normalized spacial score (nSPS) is 11.7. The summed E-state index contributed by atoms with van der Waals surface area (Å²) in [5.74, 6) is 0. The van der Waals surface area contributed by atoms with Crippen LogP contribution in [-0.2, 0) is 0 Å². The van der Waals surface area contributed by atoms with Crippen molar-refractivity contribution in [3.05, 3.63) is 30.3 Å². The maximum Gasteiger partial charge on any atom is 0.0724 e. The van der Waals surface area contributed by atoms with Crippen LogP contribution in [-0.4, -0.2) is 35.5 Å². The Kier molecular flexibility index (Phi) is 6.72. The lowest BCUT2D eigenvalue weighted by molar-refractivity contribution is 0.430. The van der Waals surface area contributed by atoms with Crippen LogP contribution in [0.25, 0.3) is 0 Å². The van der Waals surface area contributed by atoms with E-state index in [0.29, 0.717) is 0 Å². The maximum absolute atomic E-state index is 2.58. The Morgan fingerprint density at radius 2 is 1.18 bits per heavy atom. The van der Waals surface area contributed by atoms with E-state index in [2.05, 4.69) is 67.4 Å². The largest absolute Gasteiger partial charge is 0.267 e. The number of nitrogens with zero attached hydrogens (tertiary/aromatic N) is 2. The fourth-order valence-corrected chi connectivity index (χ4v) is 4.57. The molecule has 0 spiro atoms. The minimum atomic E-state index is -0.316. The standard InChI is InChI=1S/C14H25N2P/c1-5-15(6-2)17(16(7-3)8-4)14-12-10-9-11-13-14/h9-13H,5-8H2,1-4H3. The van der Waals surface area contributed by atoms with Gasteiger partial charge in [-0.05, 0) is 0 Å². The van der Waals surface area contributed by atoms with Gasteiger partial charge in [-0.15, -0.1) is 0 Å². The molecule has 0 amide bonds. The molecule has 1 aromatic carbocycles. The van der Waals surface area contributed by atoms with E-state index in [1.807, 2.05) is 0 Å². The molecule has 0 saturated carbocycles. The molecule has 0 aliphatic carbocycles. The summed E-state index contributed by atoms with van der Waals surface area (Å²) in [5.41, 5.74) is 0. The smallest absolute Gasteiger partial charge is 0.0724 e. The van der Waals surface area contributed by atoms with E-state index >= 15 is 0 Å². The first kappa shape index (κ1) is 14.6. The van der Waals surface area contributed by atoms with Gasteiger partial charge in [0.25, 0.3) is 0 Å². The Balaban J connectivity index is 3.01. The molecule has 1 aromatic rings. The van der Waals surface area contributed by atoms with E-state index in [0.717, 1.165) is 26.2 Å². The molecule has 0 N–H and O–H groups in total. The Morgan fingerprint density at radius 3 is 1.53 bits per heavy atom. The molecular weight excluding hydrogens is 227 g/mol. The van der Waals surface area contributed by atoms with Crippen LogP contribution < -0.4 is 5.30 Å². The third-order valence-electron chi connectivity index (χ3n) is 2.98. The molecule has 0 bridgehead atoms. The highest BCUT2D eigenvalue weighted by Crippen LogP contribution is 2.42. The van der Waals surface area contributed by atoms with Crippen LogP contribution in [0.3, 0.4) is 0 Å². The summed E-state index contributed by atoms with van der Waals surface area (Å²) in [4.78, 5) is 0. The fraction of sp³-hybridized carbons (Fsp3) is 0.571. The third kappa shape index (κ3) is 3.77. The second-order valence-electron chi connectivity index (χ2n) is 3.90. The first-order valence-corrected chi connectivity index (χ1v) is 7.87. The monoisotopic (exact) mass is 252 g/mol. The summed E-state index contributed by atoms with van der Waals surface area (Å²) in [7, 11) is -0.316. The number of benzene rings is 1. The molecule has 17 heavy (non-hydrogen) atoms. The van der Waals surface area contributed by atoms with E-state index in [1.54, 1.807) is 0 Å². The average Bonchev–Trinajstić information content (AvgIpc) is 2.40. The van der Waals surface area contributed by atoms with E-state index in [4.69, 9.17) is 0 Å². The zero-order chi connectivity index (χ0) is 12.7. The molecule has 2 nitrogen and oxygen atoms in total. The summed E-state index contributed by atoms with van der Waals surface area (Å²) < 4.78 is 5.16. The van der Waals surface area contributed by atoms with Crippen molar-refractivity contribution in [3.63, 3.8) is 0 Å². The minimum Gasteiger partial charge on any atom is -0.267 e. The van der Waals surface area contributed by atoms with Gasteiger partial charge in [-0.1, -0.05) is 58.0 Å². The zero-order valence-electron chi connectivity index (χ0n) is 11.6. The molecule has 0 aromatic heterocycles. The highest BCUT2D eigenvalue weighted by molar-refractivity contribution is 7.61. The van der Waals surface area contributed by atoms with Gasteiger partial charge in [-0.3, -0.25) is 9.34 Å². The van der Waals surface area contributed by atoms with Crippen LogP contribution in [0, 0.1) is 0 Å². The van der Waals surface area contributed by atoms with E-state index < -0.39 is 0 Å². The topological polar surface area (TPSA) is 6.48 Å². The number of hydrogen-bond acceptors (Lipinski definition) is 2. The predicted molar refractivity (Wildman–Crippen MR) is 78.8 cm³/mol. The van der Waals surface area contributed by atoms with Gasteiger partial charge >= 0.3 is 0 Å². The van der Waals surface area contributed by atoms with Crippen LogP contribution >= 0.6 is 8.22 Å². The summed E-state index contributed by atoms with van der Waals surface area (Å²) in [6.07, 6.45) is 0. The average molecular weight is 252 g/mol. The van der Waals surface area contributed by atoms with Crippen molar-refractivity contribution in [1.82, 2.24) is 9.34 Å². The first-order chi connectivity index (χ1) is 8.28. The van der Waals surface area contributed by atoms with Crippen molar-refractivity contribution in [2.75, 3.05) is 26.2 Å². The zero-order valence-corrected chi connectivity index (χ0v) is 12.5. The molecule has 96 valence electrons. The lowest BCUT2D eigenvalue weighted by Crippen LogP contribution is -2.33. The highest BCUT2D eigenvalue weighted by Gasteiger charge is 2.22. The maximum atomic E-state index is 2.58. The second kappa shape index (κ2) is 7.81. The van der Waals surface area contributed by atoms with Gasteiger partial charge in [-0.25, -0.2) is 0 Å². The van der Waals surface area contributed by atoms with Gasteiger partial charge < -0.3 is 0 Å². The molecule has 1 rings (SSSR count). The molecule has 3 heteroatoms. The van der Waals surface area contributed by atoms with Crippen molar-refractivity contribution >= 4 is 13.5 Å². The molecule has 0 saturated heterocycles. The van der Waals surface area contributed by atoms with Gasteiger partial charge in [0, 0.05) is 31.5 Å². The van der Waals surface area contributed by atoms with Gasteiger partial charge in [0.1, 0.15) is 0 Å². The van der Waals surface area contributed by atoms with Crippen LogP contribution in [0.4, 0.5) is 0 Å². The minimum absolute atomic E-state index is 0.316. The number of rotatable bonds is 7. The van der Waals surface area contributed by atoms with Crippen molar-refractivity contribution in [2.45, 2.75) is 27.7 Å². The highest BCUT2D eigenvalue weighted by atomic mass is 31.1. The van der Waals surface area contributed by atoms with Gasteiger partial charge in [-0.2, -0.15) is 0 Å². The van der Waals surface area contributed by atoms with Crippen LogP contribution in [0.2, 0.25) is 0 Å². The van der Waals surface area contributed by atoms with E-state index in [9.17, 15) is 0 Å². The Hall–Kier alpha value is -0.430. The Bertz CT molecular complexity index is 282. The van der Waals surface area contributed by atoms with Crippen LogP contribution in [0.5, 0.6) is 0 Å². The molecule has 0 radical (unpaired) electrons. The fourth-order valence-electron chi connectivity index (χ4n) is 2.05. The SMILES string of the molecule is CCN(CC)P(c1ccccc1)N(CC)CC. The van der Waals surface area contributed by atoms with Crippen molar-refractivity contribution in [2.24, 2.45) is 0 Å². The summed E-state index contributed by atoms with van der Waals surface area (Å²) >= 11 is 0. The van der Waals surface area contributed by atoms with E-state index in [-0.39, 0.29) is 8.22 Å². The molecule has 0 heterocycles. The van der Waals surface area contributed by atoms with Crippen LogP contribution in [0.15, 0.2) is 30.3 Å². The Labute approximate surface area is 107 Å². The summed E-state index contributed by atoms with van der Waals surface area (Å²) in [6, 6.07) is 10.9. The van der Waals surface area contributed by atoms with Crippen molar-refractivity contribution < 1.29 is 0 Å². The summed E-state index contributed by atoms with van der Waals surface area (Å²) in [6.45, 7) is 13.5. The third-order valence-corrected chi connectivity index (χ3v) is 5.95.